The summed E-state index contributed by atoms with van der Waals surface area (Å²) in [6.07, 6.45) is 0. The molecule has 0 aliphatic heterocycles. The largest absolute Gasteiger partial charge is 0.465 e. The number of rotatable bonds is 5. The van der Waals surface area contributed by atoms with E-state index in [0.29, 0.717) is 0 Å². The van der Waals surface area contributed by atoms with Gasteiger partial charge < -0.3 is 9.84 Å². The van der Waals surface area contributed by atoms with E-state index < -0.39 is 22.0 Å². The molecule has 0 saturated carbocycles. The highest BCUT2D eigenvalue weighted by Gasteiger charge is 2.25. The Morgan fingerprint density at radius 2 is 2.11 bits per heavy atom. The van der Waals surface area contributed by atoms with Crippen LogP contribution in [0.25, 0.3) is 0 Å². The molecule has 106 valence electrons. The van der Waals surface area contributed by atoms with E-state index in [2.05, 4.69) is 4.74 Å². The predicted octanol–water partition coefficient (Wildman–Crippen LogP) is 0.474. The fourth-order valence-corrected chi connectivity index (χ4v) is 2.82. The number of nitrogens with zero attached hydrogens (tertiary/aromatic N) is 1. The van der Waals surface area contributed by atoms with Crippen molar-refractivity contribution in [2.24, 2.45) is 0 Å². The Morgan fingerprint density at radius 3 is 2.63 bits per heavy atom. The molecule has 0 heterocycles. The van der Waals surface area contributed by atoms with Gasteiger partial charge in [0.25, 0.3) is 0 Å². The molecule has 0 bridgehead atoms. The molecule has 1 rings (SSSR count). The molecule has 0 unspecified atom stereocenters. The molecular formula is C12H17NO5S. The smallest absolute Gasteiger partial charge is 0.337 e. The van der Waals surface area contributed by atoms with Crippen molar-refractivity contribution >= 4 is 16.0 Å². The van der Waals surface area contributed by atoms with Crippen molar-refractivity contribution in [2.45, 2.75) is 17.9 Å². The summed E-state index contributed by atoms with van der Waals surface area (Å²) < 4.78 is 30.1. The molecule has 1 aromatic carbocycles. The second kappa shape index (κ2) is 6.14. The lowest BCUT2D eigenvalue weighted by molar-refractivity contribution is 0.0600. The zero-order valence-corrected chi connectivity index (χ0v) is 11.8. The fourth-order valence-electron chi connectivity index (χ4n) is 1.42. The quantitative estimate of drug-likeness (QED) is 0.796. The lowest BCUT2D eigenvalue weighted by Crippen LogP contribution is -2.37. The number of aliphatic hydroxyl groups is 1. The third-order valence-corrected chi connectivity index (χ3v) is 4.78. The SMILES string of the molecule is COC(=O)c1cccc(S(=O)(=O)N(C)[C@H](C)CO)c1. The van der Waals surface area contributed by atoms with Gasteiger partial charge in [0.15, 0.2) is 0 Å². The highest BCUT2D eigenvalue weighted by molar-refractivity contribution is 7.89. The highest BCUT2D eigenvalue weighted by atomic mass is 32.2. The van der Waals surface area contributed by atoms with Gasteiger partial charge in [0.05, 0.1) is 24.2 Å². The maximum Gasteiger partial charge on any atom is 0.337 e. The van der Waals surface area contributed by atoms with E-state index in [9.17, 15) is 13.2 Å². The zero-order chi connectivity index (χ0) is 14.6. The molecule has 0 radical (unpaired) electrons. The first-order valence-electron chi connectivity index (χ1n) is 5.62. The van der Waals surface area contributed by atoms with E-state index in [4.69, 9.17) is 5.11 Å². The molecule has 0 aliphatic rings. The monoisotopic (exact) mass is 287 g/mol. The Bertz CT molecular complexity index is 555. The average molecular weight is 287 g/mol. The normalized spacial score (nSPS) is 13.3. The molecule has 0 amide bonds. The molecule has 6 nitrogen and oxygen atoms in total. The van der Waals surface area contributed by atoms with Crippen LogP contribution in [0, 0.1) is 0 Å². The Morgan fingerprint density at radius 1 is 1.47 bits per heavy atom. The summed E-state index contributed by atoms with van der Waals surface area (Å²) in [7, 11) is -1.15. The number of sulfonamides is 1. The number of ether oxygens (including phenoxy) is 1. The van der Waals surface area contributed by atoms with Gasteiger partial charge in [-0.25, -0.2) is 13.2 Å². The minimum absolute atomic E-state index is 0.0156. The van der Waals surface area contributed by atoms with E-state index in [-0.39, 0.29) is 17.1 Å². The summed E-state index contributed by atoms with van der Waals surface area (Å²) >= 11 is 0. The summed E-state index contributed by atoms with van der Waals surface area (Å²) in [5.74, 6) is -0.602. The number of likely N-dealkylation sites (N-methyl/N-ethyl adjacent to an activating group) is 1. The van der Waals surface area contributed by atoms with Gasteiger partial charge in [-0.15, -0.1) is 0 Å². The van der Waals surface area contributed by atoms with Crippen LogP contribution in [0.5, 0.6) is 0 Å². The van der Waals surface area contributed by atoms with Crippen molar-refractivity contribution in [2.75, 3.05) is 20.8 Å². The van der Waals surface area contributed by atoms with Gasteiger partial charge in [0.1, 0.15) is 0 Å². The molecule has 1 atom stereocenters. The van der Waals surface area contributed by atoms with Gasteiger partial charge in [0, 0.05) is 13.1 Å². The summed E-state index contributed by atoms with van der Waals surface area (Å²) in [4.78, 5) is 11.4. The van der Waals surface area contributed by atoms with Crippen molar-refractivity contribution in [3.8, 4) is 0 Å². The van der Waals surface area contributed by atoms with Crippen molar-refractivity contribution in [1.29, 1.82) is 0 Å². The van der Waals surface area contributed by atoms with E-state index in [1.54, 1.807) is 6.92 Å². The second-order valence-corrected chi connectivity index (χ2v) is 6.07. The van der Waals surface area contributed by atoms with E-state index in [1.807, 2.05) is 0 Å². The van der Waals surface area contributed by atoms with Crippen LogP contribution in [0.4, 0.5) is 0 Å². The summed E-state index contributed by atoms with van der Waals surface area (Å²) in [5, 5.41) is 9.02. The van der Waals surface area contributed by atoms with Gasteiger partial charge >= 0.3 is 5.97 Å². The van der Waals surface area contributed by atoms with Crippen molar-refractivity contribution in [1.82, 2.24) is 4.31 Å². The van der Waals surface area contributed by atoms with Gasteiger partial charge in [-0.2, -0.15) is 4.31 Å². The van der Waals surface area contributed by atoms with Gasteiger partial charge in [-0.3, -0.25) is 0 Å². The molecule has 19 heavy (non-hydrogen) atoms. The maximum atomic E-state index is 12.3. The molecule has 0 saturated heterocycles. The minimum atomic E-state index is -3.75. The molecule has 0 fully saturated rings. The molecule has 0 aromatic heterocycles. The second-order valence-electron chi connectivity index (χ2n) is 4.07. The summed E-state index contributed by atoms with van der Waals surface area (Å²) in [6.45, 7) is 1.30. The van der Waals surface area contributed by atoms with Gasteiger partial charge in [-0.1, -0.05) is 6.07 Å². The lowest BCUT2D eigenvalue weighted by Gasteiger charge is -2.22. The van der Waals surface area contributed by atoms with Crippen molar-refractivity contribution < 1.29 is 23.1 Å². The van der Waals surface area contributed by atoms with E-state index in [1.165, 1.54) is 38.4 Å². The number of hydrogen-bond donors (Lipinski definition) is 1. The van der Waals surface area contributed by atoms with Crippen LogP contribution in [0.1, 0.15) is 17.3 Å². The number of esters is 1. The summed E-state index contributed by atoms with van der Waals surface area (Å²) in [5.41, 5.74) is 0.161. The minimum Gasteiger partial charge on any atom is -0.465 e. The van der Waals surface area contributed by atoms with Gasteiger partial charge in [0.2, 0.25) is 10.0 Å². The van der Waals surface area contributed by atoms with Crippen molar-refractivity contribution in [3.63, 3.8) is 0 Å². The Balaban J connectivity index is 3.19. The number of carbonyl (C=O) groups is 1. The zero-order valence-electron chi connectivity index (χ0n) is 11.0. The molecule has 0 spiro atoms. The topological polar surface area (TPSA) is 83.9 Å². The van der Waals surface area contributed by atoms with Gasteiger partial charge in [-0.05, 0) is 25.1 Å². The number of hydrogen-bond acceptors (Lipinski definition) is 5. The molecular weight excluding hydrogens is 270 g/mol. The molecule has 1 aromatic rings. The Hall–Kier alpha value is -1.44. The fraction of sp³-hybridized carbons (Fsp3) is 0.417. The third-order valence-electron chi connectivity index (χ3n) is 2.82. The number of carbonyl (C=O) groups excluding carboxylic acids is 1. The number of methoxy groups -OCH3 is 1. The van der Waals surface area contributed by atoms with Crippen LogP contribution in [-0.4, -0.2) is 50.6 Å². The molecule has 1 N–H and O–H groups in total. The first kappa shape index (κ1) is 15.6. The number of aliphatic hydroxyl groups excluding tert-OH is 1. The van der Waals surface area contributed by atoms with Crippen LogP contribution in [0.15, 0.2) is 29.2 Å². The van der Waals surface area contributed by atoms with Crippen LogP contribution in [-0.2, 0) is 14.8 Å². The van der Waals surface area contributed by atoms with Crippen LogP contribution in [0.2, 0.25) is 0 Å². The third kappa shape index (κ3) is 3.31. The highest BCUT2D eigenvalue weighted by Crippen LogP contribution is 2.18. The standard InChI is InChI=1S/C12H17NO5S/c1-9(8-14)13(2)19(16,17)11-6-4-5-10(7-11)12(15)18-3/h4-7,9,14H,8H2,1-3H3/t9-/m1/s1. The van der Waals surface area contributed by atoms with E-state index >= 15 is 0 Å². The average Bonchev–Trinajstić information content (AvgIpc) is 2.44. The number of benzene rings is 1. The molecule has 7 heteroatoms. The first-order valence-corrected chi connectivity index (χ1v) is 7.06. The van der Waals surface area contributed by atoms with Crippen molar-refractivity contribution in [3.05, 3.63) is 29.8 Å². The Labute approximate surface area is 112 Å². The lowest BCUT2D eigenvalue weighted by atomic mass is 10.2. The van der Waals surface area contributed by atoms with Crippen LogP contribution < -0.4 is 0 Å². The maximum absolute atomic E-state index is 12.3. The molecule has 0 aliphatic carbocycles. The summed E-state index contributed by atoms with van der Waals surface area (Å²) in [6, 6.07) is 5.04. The Kier molecular flexibility index (Phi) is 5.04. The van der Waals surface area contributed by atoms with E-state index in [0.717, 1.165) is 4.31 Å². The van der Waals surface area contributed by atoms with Crippen LogP contribution in [0.3, 0.4) is 0 Å². The van der Waals surface area contributed by atoms with Crippen LogP contribution >= 0.6 is 0 Å². The predicted molar refractivity (Wildman–Crippen MR) is 69.3 cm³/mol. The first-order chi connectivity index (χ1) is 8.84.